The number of carbonyl (C=O) groups excluding carboxylic acids is 1. The molecule has 0 bridgehead atoms. The molecule has 8 heteroatoms. The Morgan fingerprint density at radius 3 is 2.50 bits per heavy atom. The average Bonchev–Trinajstić information content (AvgIpc) is 2.54. The van der Waals surface area contributed by atoms with Crippen LogP contribution in [0, 0.1) is 6.92 Å². The molecule has 2 rings (SSSR count). The Labute approximate surface area is 141 Å². The average molecular weight is 354 g/mol. The lowest BCUT2D eigenvalue weighted by atomic mass is 9.99. The van der Waals surface area contributed by atoms with Crippen molar-refractivity contribution < 1.29 is 23.1 Å². The van der Waals surface area contributed by atoms with Crippen LogP contribution in [0.15, 0.2) is 23.1 Å². The van der Waals surface area contributed by atoms with E-state index in [0.717, 1.165) is 17.1 Å². The summed E-state index contributed by atoms with van der Waals surface area (Å²) in [6.45, 7) is 2.07. The van der Waals surface area contributed by atoms with E-state index in [1.54, 1.807) is 13.0 Å². The van der Waals surface area contributed by atoms with Crippen LogP contribution in [0.2, 0.25) is 0 Å². The molecular formula is C16H22N2O5S. The van der Waals surface area contributed by atoms with Gasteiger partial charge in [-0.1, -0.05) is 6.07 Å². The summed E-state index contributed by atoms with van der Waals surface area (Å²) in [5.41, 5.74) is 0.846. The number of piperidine rings is 1. The van der Waals surface area contributed by atoms with Crippen LogP contribution in [0.1, 0.15) is 35.2 Å². The maximum Gasteiger partial charge on any atom is 0.326 e. The van der Waals surface area contributed by atoms with Crippen molar-refractivity contribution in [2.45, 2.75) is 37.1 Å². The number of nitrogens with zero attached hydrogens (tertiary/aromatic N) is 2. The topological polar surface area (TPSA) is 95.0 Å². The van der Waals surface area contributed by atoms with Crippen LogP contribution < -0.4 is 0 Å². The van der Waals surface area contributed by atoms with E-state index in [9.17, 15) is 23.1 Å². The number of aryl methyl sites for hydroxylation is 1. The van der Waals surface area contributed by atoms with Gasteiger partial charge in [0.05, 0.1) is 4.90 Å². The first-order valence-corrected chi connectivity index (χ1v) is 9.17. The van der Waals surface area contributed by atoms with E-state index in [0.29, 0.717) is 18.5 Å². The Kier molecular flexibility index (Phi) is 5.29. The van der Waals surface area contributed by atoms with Gasteiger partial charge in [-0.2, -0.15) is 0 Å². The predicted octanol–water partition coefficient (Wildman–Crippen LogP) is 1.32. The minimum atomic E-state index is -3.66. The quantitative estimate of drug-likeness (QED) is 0.880. The number of hydrogen-bond acceptors (Lipinski definition) is 4. The van der Waals surface area contributed by atoms with E-state index in [-0.39, 0.29) is 10.5 Å². The maximum absolute atomic E-state index is 12.8. The van der Waals surface area contributed by atoms with Gasteiger partial charge in [0.15, 0.2) is 0 Å². The van der Waals surface area contributed by atoms with Crippen molar-refractivity contribution in [3.63, 3.8) is 0 Å². The molecule has 1 fully saturated rings. The first-order valence-electron chi connectivity index (χ1n) is 7.73. The molecule has 132 valence electrons. The Bertz CT molecular complexity index is 758. The van der Waals surface area contributed by atoms with Crippen molar-refractivity contribution >= 4 is 21.9 Å². The van der Waals surface area contributed by atoms with Crippen LogP contribution in [0.5, 0.6) is 0 Å². The molecule has 1 aromatic carbocycles. The van der Waals surface area contributed by atoms with Crippen molar-refractivity contribution in [2.75, 3.05) is 20.6 Å². The highest BCUT2D eigenvalue weighted by Gasteiger charge is 2.33. The molecule has 1 atom stereocenters. The zero-order chi connectivity index (χ0) is 18.1. The third-order valence-corrected chi connectivity index (χ3v) is 6.08. The summed E-state index contributed by atoms with van der Waals surface area (Å²) in [5, 5.41) is 9.33. The monoisotopic (exact) mass is 354 g/mol. The van der Waals surface area contributed by atoms with Crippen molar-refractivity contribution in [2.24, 2.45) is 0 Å². The lowest BCUT2D eigenvalue weighted by Gasteiger charge is -2.33. The number of carboxylic acid groups (broad SMARTS) is 1. The van der Waals surface area contributed by atoms with E-state index >= 15 is 0 Å². The number of sulfonamides is 1. The second kappa shape index (κ2) is 6.90. The predicted molar refractivity (Wildman–Crippen MR) is 88.4 cm³/mol. The fourth-order valence-electron chi connectivity index (χ4n) is 2.79. The second-order valence-corrected chi connectivity index (χ2v) is 8.26. The third-order valence-electron chi connectivity index (χ3n) is 4.27. The molecular weight excluding hydrogens is 332 g/mol. The van der Waals surface area contributed by atoms with Crippen molar-refractivity contribution in [1.82, 2.24) is 9.21 Å². The summed E-state index contributed by atoms with van der Waals surface area (Å²) in [6, 6.07) is 3.50. The lowest BCUT2D eigenvalue weighted by molar-refractivity contribution is -0.143. The summed E-state index contributed by atoms with van der Waals surface area (Å²) in [6.07, 6.45) is 1.91. The Balaban J connectivity index is 2.44. The Hall–Kier alpha value is -1.93. The molecule has 0 aromatic heterocycles. The van der Waals surface area contributed by atoms with Gasteiger partial charge >= 0.3 is 5.97 Å². The standard InChI is InChI=1S/C16H22N2O5S/c1-11-7-8-12(24(22,23)17(2)3)10-13(11)15(19)18-9-5-4-6-14(18)16(20)21/h7-8,10,14H,4-6,9H2,1-3H3,(H,20,21)/t14-/m0/s1. The third kappa shape index (κ3) is 3.44. The minimum Gasteiger partial charge on any atom is -0.480 e. The highest BCUT2D eigenvalue weighted by Crippen LogP contribution is 2.24. The van der Waals surface area contributed by atoms with Crippen LogP contribution in [0.4, 0.5) is 0 Å². The first kappa shape index (κ1) is 18.4. The SMILES string of the molecule is Cc1ccc(S(=O)(=O)N(C)C)cc1C(=O)N1CCCC[C@H]1C(=O)O. The first-order chi connectivity index (χ1) is 11.2. The zero-order valence-electron chi connectivity index (χ0n) is 14.0. The fourth-order valence-corrected chi connectivity index (χ4v) is 3.72. The van der Waals surface area contributed by atoms with Crippen molar-refractivity contribution in [3.8, 4) is 0 Å². The molecule has 1 heterocycles. The number of amides is 1. The molecule has 7 nitrogen and oxygen atoms in total. The summed E-state index contributed by atoms with van der Waals surface area (Å²) in [7, 11) is -0.827. The summed E-state index contributed by atoms with van der Waals surface area (Å²) < 4.78 is 25.6. The molecule has 0 unspecified atom stereocenters. The maximum atomic E-state index is 12.8. The smallest absolute Gasteiger partial charge is 0.326 e. The number of hydrogen-bond donors (Lipinski definition) is 1. The van der Waals surface area contributed by atoms with Gasteiger partial charge in [-0.05, 0) is 43.9 Å². The van der Waals surface area contributed by atoms with Gasteiger partial charge in [-0.15, -0.1) is 0 Å². The highest BCUT2D eigenvalue weighted by molar-refractivity contribution is 7.89. The van der Waals surface area contributed by atoms with Crippen LogP contribution in [-0.4, -0.2) is 61.3 Å². The van der Waals surface area contributed by atoms with E-state index < -0.39 is 27.9 Å². The second-order valence-electron chi connectivity index (χ2n) is 6.11. The van der Waals surface area contributed by atoms with Gasteiger partial charge in [-0.25, -0.2) is 17.5 Å². The Morgan fingerprint density at radius 2 is 1.92 bits per heavy atom. The van der Waals surface area contributed by atoms with Crippen LogP contribution in [0.25, 0.3) is 0 Å². The van der Waals surface area contributed by atoms with Crippen LogP contribution >= 0.6 is 0 Å². The normalized spacial score (nSPS) is 18.7. The van der Waals surface area contributed by atoms with Crippen molar-refractivity contribution in [1.29, 1.82) is 0 Å². The molecule has 1 N–H and O–H groups in total. The highest BCUT2D eigenvalue weighted by atomic mass is 32.2. The van der Waals surface area contributed by atoms with Gasteiger partial charge in [0, 0.05) is 26.2 Å². The van der Waals surface area contributed by atoms with E-state index in [2.05, 4.69) is 0 Å². The molecule has 0 aliphatic carbocycles. The zero-order valence-corrected chi connectivity index (χ0v) is 14.8. The van der Waals surface area contributed by atoms with E-state index in [1.807, 2.05) is 0 Å². The van der Waals surface area contributed by atoms with Crippen LogP contribution in [-0.2, 0) is 14.8 Å². The molecule has 1 aliphatic rings. The van der Waals surface area contributed by atoms with Gasteiger partial charge in [0.1, 0.15) is 6.04 Å². The molecule has 0 saturated carbocycles. The molecule has 1 aromatic rings. The largest absolute Gasteiger partial charge is 0.480 e. The molecule has 1 amide bonds. The number of aliphatic carboxylic acids is 1. The fraction of sp³-hybridized carbons (Fsp3) is 0.500. The van der Waals surface area contributed by atoms with Gasteiger partial charge in [0.2, 0.25) is 10.0 Å². The molecule has 0 spiro atoms. The number of likely N-dealkylation sites (tertiary alicyclic amines) is 1. The van der Waals surface area contributed by atoms with E-state index in [1.165, 1.54) is 31.1 Å². The van der Waals surface area contributed by atoms with Crippen LogP contribution in [0.3, 0.4) is 0 Å². The molecule has 1 aliphatic heterocycles. The molecule has 0 radical (unpaired) electrons. The summed E-state index contributed by atoms with van der Waals surface area (Å²) in [5.74, 6) is -1.46. The number of carbonyl (C=O) groups is 2. The lowest BCUT2D eigenvalue weighted by Crippen LogP contribution is -2.48. The van der Waals surface area contributed by atoms with E-state index in [4.69, 9.17) is 0 Å². The number of carboxylic acids is 1. The van der Waals surface area contributed by atoms with Crippen molar-refractivity contribution in [3.05, 3.63) is 29.3 Å². The Morgan fingerprint density at radius 1 is 1.25 bits per heavy atom. The number of rotatable bonds is 4. The van der Waals surface area contributed by atoms with Gasteiger partial charge < -0.3 is 10.0 Å². The molecule has 1 saturated heterocycles. The van der Waals surface area contributed by atoms with Gasteiger partial charge in [0.25, 0.3) is 5.91 Å². The minimum absolute atomic E-state index is 0.0188. The van der Waals surface area contributed by atoms with Gasteiger partial charge in [-0.3, -0.25) is 4.79 Å². The molecule has 24 heavy (non-hydrogen) atoms. The summed E-state index contributed by atoms with van der Waals surface area (Å²) in [4.78, 5) is 25.6. The number of benzene rings is 1. The summed E-state index contributed by atoms with van der Waals surface area (Å²) >= 11 is 0.